The van der Waals surface area contributed by atoms with Gasteiger partial charge in [-0.2, -0.15) is 0 Å². The Balaban J connectivity index is 1.70. The minimum Gasteiger partial charge on any atom is -0.485 e. The van der Waals surface area contributed by atoms with E-state index in [1.54, 1.807) is 6.92 Å². The number of rotatable bonds is 11. The maximum atomic E-state index is 13.9. The molecule has 8 nitrogen and oxygen atoms in total. The summed E-state index contributed by atoms with van der Waals surface area (Å²) in [7, 11) is -3.84. The lowest BCUT2D eigenvalue weighted by atomic mass is 10.1. The number of nitrogens with zero attached hydrogens (tertiary/aromatic N) is 1. The Morgan fingerprint density at radius 3 is 2.55 bits per heavy atom. The number of carbonyl (C=O) groups excluding carboxylic acids is 2. The minimum atomic E-state index is -3.84. The molecule has 3 rings (SSSR count). The first-order valence-corrected chi connectivity index (χ1v) is 11.4. The predicted octanol–water partition coefficient (Wildman–Crippen LogP) is 2.10. The number of urea groups is 1. The highest BCUT2D eigenvalue weighted by atomic mass is 32.2. The Hall–Kier alpha value is -2.34. The van der Waals surface area contributed by atoms with Gasteiger partial charge in [0.25, 0.3) is 6.43 Å². The summed E-state index contributed by atoms with van der Waals surface area (Å²) in [6.07, 6.45) is -1.43. The second kappa shape index (κ2) is 9.03. The van der Waals surface area contributed by atoms with E-state index in [2.05, 4.69) is 10.0 Å². The third-order valence-electron chi connectivity index (χ3n) is 5.42. The Morgan fingerprint density at radius 2 is 2.00 bits per heavy atom. The van der Waals surface area contributed by atoms with Gasteiger partial charge in [0.2, 0.25) is 15.9 Å². The molecule has 1 aromatic rings. The number of amides is 3. The van der Waals surface area contributed by atoms with Crippen molar-refractivity contribution in [3.05, 3.63) is 29.6 Å². The number of imide groups is 1. The molecule has 2 N–H and O–H groups in total. The van der Waals surface area contributed by atoms with Crippen LogP contribution in [-0.2, 0) is 20.4 Å². The van der Waals surface area contributed by atoms with E-state index in [1.165, 1.54) is 17.0 Å². The summed E-state index contributed by atoms with van der Waals surface area (Å²) in [5.74, 6) is -1.61. The smallest absolute Gasteiger partial charge is 0.324 e. The number of alkyl halides is 2. The summed E-state index contributed by atoms with van der Waals surface area (Å²) in [6.45, 7) is 0.728. The first-order valence-electron chi connectivity index (χ1n) is 9.89. The lowest BCUT2D eigenvalue weighted by Crippen LogP contribution is -2.42. The number of halogens is 3. The normalized spacial score (nSPS) is 18.9. The fourth-order valence-corrected chi connectivity index (χ4v) is 5.42. The second-order valence-corrected chi connectivity index (χ2v) is 9.63. The molecule has 0 spiro atoms. The average Bonchev–Trinajstić information content (AvgIpc) is 3.38. The van der Waals surface area contributed by atoms with E-state index < -0.39 is 51.6 Å². The molecule has 1 heterocycles. The molecule has 1 saturated heterocycles. The molecular weight excluding hydrogens is 439 g/mol. The summed E-state index contributed by atoms with van der Waals surface area (Å²) >= 11 is 0. The van der Waals surface area contributed by atoms with Gasteiger partial charge in [0.1, 0.15) is 13.2 Å². The number of benzene rings is 1. The molecule has 3 amide bonds. The molecule has 31 heavy (non-hydrogen) atoms. The van der Waals surface area contributed by atoms with Gasteiger partial charge in [-0.3, -0.25) is 10.1 Å². The fraction of sp³-hybridized carbons (Fsp3) is 0.579. The standard InChI is InChI=1S/C19H24F3N3O5S/c1-2-13(5-8-25-10-17(26)23-18(25)27)31(28,29)24-19(6-7-19)12-3-4-14(20)15(9-12)30-11-16(21)22/h3-4,9,13,16,24H,2,5-8,10-11H2,1H3,(H,23,26,27). The molecule has 1 saturated carbocycles. The van der Waals surface area contributed by atoms with Crippen molar-refractivity contribution in [3.63, 3.8) is 0 Å². The third kappa shape index (κ3) is 5.48. The summed E-state index contributed by atoms with van der Waals surface area (Å²) in [6, 6.07) is 3.16. The van der Waals surface area contributed by atoms with Gasteiger partial charge in [-0.1, -0.05) is 13.0 Å². The molecule has 2 fully saturated rings. The van der Waals surface area contributed by atoms with Crippen molar-refractivity contribution in [2.24, 2.45) is 0 Å². The van der Waals surface area contributed by atoms with E-state index in [1.807, 2.05) is 0 Å². The molecule has 1 unspecified atom stereocenters. The van der Waals surface area contributed by atoms with Gasteiger partial charge in [0.05, 0.1) is 10.8 Å². The van der Waals surface area contributed by atoms with Gasteiger partial charge in [-0.15, -0.1) is 0 Å². The monoisotopic (exact) mass is 463 g/mol. The zero-order valence-electron chi connectivity index (χ0n) is 16.9. The lowest BCUT2D eigenvalue weighted by Gasteiger charge is -2.24. The van der Waals surface area contributed by atoms with Crippen LogP contribution in [0.5, 0.6) is 5.75 Å². The van der Waals surface area contributed by atoms with Crippen LogP contribution in [0.3, 0.4) is 0 Å². The Bertz CT molecular complexity index is 953. The van der Waals surface area contributed by atoms with E-state index in [0.717, 1.165) is 6.07 Å². The van der Waals surface area contributed by atoms with Gasteiger partial charge in [-0.05, 0) is 43.4 Å². The van der Waals surface area contributed by atoms with E-state index in [0.29, 0.717) is 18.4 Å². The number of hydrogen-bond acceptors (Lipinski definition) is 5. The number of nitrogens with one attached hydrogen (secondary N) is 2. The maximum Gasteiger partial charge on any atom is 0.324 e. The van der Waals surface area contributed by atoms with Crippen molar-refractivity contribution >= 4 is 22.0 Å². The summed E-state index contributed by atoms with van der Waals surface area (Å²) in [5.41, 5.74) is -0.523. The minimum absolute atomic E-state index is 0.103. The van der Waals surface area contributed by atoms with Crippen LogP contribution in [0.15, 0.2) is 18.2 Å². The summed E-state index contributed by atoms with van der Waals surface area (Å²) in [5, 5.41) is 1.32. The van der Waals surface area contributed by atoms with Crippen molar-refractivity contribution in [1.29, 1.82) is 0 Å². The molecule has 1 aliphatic heterocycles. The van der Waals surface area contributed by atoms with Gasteiger partial charge < -0.3 is 9.64 Å². The SMILES string of the molecule is CCC(CCN1CC(=O)NC1=O)S(=O)(=O)NC1(c2ccc(F)c(OCC(F)F)c2)CC1. The average molecular weight is 463 g/mol. The van der Waals surface area contributed by atoms with Crippen LogP contribution in [0, 0.1) is 5.82 Å². The number of ether oxygens (including phenoxy) is 1. The first kappa shape index (κ1) is 23.3. The van der Waals surface area contributed by atoms with E-state index in [9.17, 15) is 31.2 Å². The van der Waals surface area contributed by atoms with Gasteiger partial charge in [-0.25, -0.2) is 31.1 Å². The first-order chi connectivity index (χ1) is 14.6. The Kier molecular flexibility index (Phi) is 6.79. The molecule has 12 heteroatoms. The van der Waals surface area contributed by atoms with Crippen molar-refractivity contribution in [3.8, 4) is 5.75 Å². The van der Waals surface area contributed by atoms with Crippen molar-refractivity contribution in [2.75, 3.05) is 19.7 Å². The van der Waals surface area contributed by atoms with Crippen LogP contribution in [0.4, 0.5) is 18.0 Å². The molecule has 0 aromatic heterocycles. The Labute approximate surface area is 178 Å². The number of sulfonamides is 1. The van der Waals surface area contributed by atoms with Crippen LogP contribution in [0.1, 0.15) is 38.2 Å². The fourth-order valence-electron chi connectivity index (χ4n) is 3.54. The molecule has 172 valence electrons. The molecule has 1 atom stereocenters. The quantitative estimate of drug-likeness (QED) is 0.489. The van der Waals surface area contributed by atoms with Gasteiger partial charge >= 0.3 is 6.03 Å². The van der Waals surface area contributed by atoms with Crippen LogP contribution >= 0.6 is 0 Å². The van der Waals surface area contributed by atoms with E-state index in [-0.39, 0.29) is 31.7 Å². The Morgan fingerprint density at radius 1 is 1.29 bits per heavy atom. The van der Waals surface area contributed by atoms with Crippen LogP contribution in [0.2, 0.25) is 0 Å². The molecule has 0 bridgehead atoms. The molecule has 1 aromatic carbocycles. The maximum absolute atomic E-state index is 13.9. The third-order valence-corrected chi connectivity index (χ3v) is 7.54. The summed E-state index contributed by atoms with van der Waals surface area (Å²) < 4.78 is 72.2. The van der Waals surface area contributed by atoms with Crippen molar-refractivity contribution in [1.82, 2.24) is 14.9 Å². The van der Waals surface area contributed by atoms with E-state index >= 15 is 0 Å². The van der Waals surface area contributed by atoms with Crippen LogP contribution in [-0.4, -0.2) is 56.6 Å². The predicted molar refractivity (Wildman–Crippen MR) is 105 cm³/mol. The van der Waals surface area contributed by atoms with Gasteiger partial charge in [0.15, 0.2) is 11.6 Å². The zero-order chi connectivity index (χ0) is 22.8. The van der Waals surface area contributed by atoms with Crippen LogP contribution in [0.25, 0.3) is 0 Å². The topological polar surface area (TPSA) is 105 Å². The second-order valence-electron chi connectivity index (χ2n) is 7.67. The van der Waals surface area contributed by atoms with Crippen molar-refractivity contribution < 1.29 is 35.9 Å². The highest BCUT2D eigenvalue weighted by Crippen LogP contribution is 2.47. The highest BCUT2D eigenvalue weighted by molar-refractivity contribution is 7.90. The van der Waals surface area contributed by atoms with Crippen LogP contribution < -0.4 is 14.8 Å². The molecule has 1 aliphatic carbocycles. The van der Waals surface area contributed by atoms with E-state index in [4.69, 9.17) is 4.74 Å². The number of hydrogen-bond donors (Lipinski definition) is 2. The molecule has 2 aliphatic rings. The summed E-state index contributed by atoms with van der Waals surface area (Å²) in [4.78, 5) is 24.2. The largest absolute Gasteiger partial charge is 0.485 e. The number of carbonyl (C=O) groups is 2. The van der Waals surface area contributed by atoms with Gasteiger partial charge in [0, 0.05) is 6.54 Å². The lowest BCUT2D eigenvalue weighted by molar-refractivity contribution is -0.118. The zero-order valence-corrected chi connectivity index (χ0v) is 17.7. The molecular formula is C19H24F3N3O5S. The molecule has 0 radical (unpaired) electrons. The van der Waals surface area contributed by atoms with Crippen molar-refractivity contribution in [2.45, 2.75) is 49.8 Å². The highest BCUT2D eigenvalue weighted by Gasteiger charge is 2.49.